The van der Waals surface area contributed by atoms with Crippen LogP contribution in [-0.4, -0.2) is 40.9 Å². The molecule has 1 amide bonds. The summed E-state index contributed by atoms with van der Waals surface area (Å²) in [4.78, 5) is 28.1. The van der Waals surface area contributed by atoms with Crippen molar-refractivity contribution in [3.8, 4) is 11.5 Å². The molecule has 0 aromatic heterocycles. The van der Waals surface area contributed by atoms with Gasteiger partial charge in [0.1, 0.15) is 4.32 Å². The van der Waals surface area contributed by atoms with E-state index in [-0.39, 0.29) is 12.5 Å². The molecule has 1 saturated heterocycles. The lowest BCUT2D eigenvalue weighted by molar-refractivity contribution is -0.151. The number of hydrogen-bond donors (Lipinski definition) is 0. The van der Waals surface area contributed by atoms with E-state index in [1.807, 2.05) is 43.3 Å². The van der Waals surface area contributed by atoms with Crippen LogP contribution in [-0.2, 0) is 14.3 Å². The van der Waals surface area contributed by atoms with Gasteiger partial charge in [0.2, 0.25) is 0 Å². The number of carbonyl (C=O) groups is 2. The van der Waals surface area contributed by atoms with Gasteiger partial charge in [-0.25, -0.2) is 4.79 Å². The highest BCUT2D eigenvalue weighted by Crippen LogP contribution is 2.39. The first-order chi connectivity index (χ1) is 17.5. The third-order valence-corrected chi connectivity index (χ3v) is 6.86. The Morgan fingerprint density at radius 2 is 1.78 bits per heavy atom. The van der Waals surface area contributed by atoms with Crippen LogP contribution in [0.3, 0.4) is 0 Å². The van der Waals surface area contributed by atoms with Crippen LogP contribution >= 0.6 is 24.0 Å². The van der Waals surface area contributed by atoms with Gasteiger partial charge in [0.25, 0.3) is 5.91 Å². The number of hydrogen-bond acceptors (Lipinski definition) is 7. The standard InChI is InChI=1S/C28H33NO5S2/c1-4-7-8-12-17-34-22-16-15-20(18-23(22)32-5-2)19-24-26(30)29(28(35)36-24)25(27(31)33-6-3)21-13-10-9-11-14-21/h9-11,13-16,18-19,25H,4-8,12,17H2,1-3H3/b24-19-. The van der Waals surface area contributed by atoms with E-state index in [1.54, 1.807) is 25.1 Å². The lowest BCUT2D eigenvalue weighted by Gasteiger charge is -2.25. The quantitative estimate of drug-likeness (QED) is 0.127. The largest absolute Gasteiger partial charge is 0.490 e. The Hall–Kier alpha value is -2.84. The molecule has 0 bridgehead atoms. The van der Waals surface area contributed by atoms with Gasteiger partial charge >= 0.3 is 5.97 Å². The second-order valence-corrected chi connectivity index (χ2v) is 9.84. The Bertz CT molecular complexity index is 1090. The van der Waals surface area contributed by atoms with Crippen LogP contribution in [0, 0.1) is 0 Å². The van der Waals surface area contributed by atoms with Gasteiger partial charge < -0.3 is 14.2 Å². The maximum atomic E-state index is 13.4. The highest BCUT2D eigenvalue weighted by Gasteiger charge is 2.42. The molecule has 0 aliphatic carbocycles. The minimum absolute atomic E-state index is 0.208. The fraction of sp³-hybridized carbons (Fsp3) is 0.393. The molecular formula is C28H33NO5S2. The Balaban J connectivity index is 1.83. The predicted molar refractivity (Wildman–Crippen MR) is 148 cm³/mol. The molecule has 2 aromatic carbocycles. The maximum absolute atomic E-state index is 13.4. The molecule has 1 unspecified atom stereocenters. The summed E-state index contributed by atoms with van der Waals surface area (Å²) in [6, 6.07) is 13.7. The molecule has 0 N–H and O–H groups in total. The highest BCUT2D eigenvalue weighted by molar-refractivity contribution is 8.26. The second-order valence-electron chi connectivity index (χ2n) is 8.17. The predicted octanol–water partition coefficient (Wildman–Crippen LogP) is 6.55. The van der Waals surface area contributed by atoms with Crippen LogP contribution < -0.4 is 9.47 Å². The molecule has 1 atom stereocenters. The zero-order chi connectivity index (χ0) is 25.9. The summed E-state index contributed by atoms with van der Waals surface area (Å²) < 4.78 is 17.3. The van der Waals surface area contributed by atoms with E-state index in [0.717, 1.165) is 18.4 Å². The summed E-state index contributed by atoms with van der Waals surface area (Å²) in [5, 5.41) is 0. The molecule has 1 aliphatic heterocycles. The minimum atomic E-state index is -0.938. The third kappa shape index (κ3) is 7.11. The number of carbonyl (C=O) groups excluding carboxylic acids is 2. The van der Waals surface area contributed by atoms with Gasteiger partial charge in [-0.1, -0.05) is 86.6 Å². The van der Waals surface area contributed by atoms with Crippen molar-refractivity contribution in [1.29, 1.82) is 0 Å². The van der Waals surface area contributed by atoms with Crippen molar-refractivity contribution in [2.75, 3.05) is 19.8 Å². The van der Waals surface area contributed by atoms with E-state index < -0.39 is 12.0 Å². The van der Waals surface area contributed by atoms with Crippen molar-refractivity contribution >= 4 is 46.3 Å². The molecule has 1 aliphatic rings. The van der Waals surface area contributed by atoms with E-state index >= 15 is 0 Å². The Morgan fingerprint density at radius 3 is 2.47 bits per heavy atom. The van der Waals surface area contributed by atoms with Crippen LogP contribution in [0.25, 0.3) is 6.08 Å². The monoisotopic (exact) mass is 527 g/mol. The van der Waals surface area contributed by atoms with E-state index in [9.17, 15) is 9.59 Å². The van der Waals surface area contributed by atoms with Gasteiger partial charge in [0, 0.05) is 0 Å². The lowest BCUT2D eigenvalue weighted by atomic mass is 10.1. The molecule has 0 spiro atoms. The molecule has 0 saturated carbocycles. The average Bonchev–Trinajstić information content (AvgIpc) is 3.14. The number of unbranched alkanes of at least 4 members (excludes halogenated alkanes) is 3. The van der Waals surface area contributed by atoms with Gasteiger partial charge in [-0.15, -0.1) is 0 Å². The van der Waals surface area contributed by atoms with E-state index in [0.29, 0.717) is 39.5 Å². The number of ether oxygens (including phenoxy) is 3. The van der Waals surface area contributed by atoms with Crippen molar-refractivity contribution in [2.45, 2.75) is 52.5 Å². The van der Waals surface area contributed by atoms with Gasteiger partial charge in [0.15, 0.2) is 17.5 Å². The molecule has 0 radical (unpaired) electrons. The van der Waals surface area contributed by atoms with Crippen LogP contribution in [0.1, 0.15) is 63.6 Å². The molecule has 1 fully saturated rings. The molecule has 3 rings (SSSR count). The molecule has 2 aromatic rings. The van der Waals surface area contributed by atoms with Crippen LogP contribution in [0.2, 0.25) is 0 Å². The molecule has 6 nitrogen and oxygen atoms in total. The normalized spacial score (nSPS) is 15.3. The summed E-state index contributed by atoms with van der Waals surface area (Å²) in [7, 11) is 0. The van der Waals surface area contributed by atoms with E-state index in [1.165, 1.54) is 29.5 Å². The van der Waals surface area contributed by atoms with Crippen LogP contribution in [0.4, 0.5) is 0 Å². The lowest BCUT2D eigenvalue weighted by Crippen LogP contribution is -2.38. The number of amides is 1. The number of esters is 1. The number of nitrogens with zero attached hydrogens (tertiary/aromatic N) is 1. The van der Waals surface area contributed by atoms with Crippen molar-refractivity contribution in [3.05, 3.63) is 64.6 Å². The fourth-order valence-corrected chi connectivity index (χ4v) is 5.13. The zero-order valence-electron chi connectivity index (χ0n) is 21.0. The number of rotatable bonds is 13. The summed E-state index contributed by atoms with van der Waals surface area (Å²) in [5.41, 5.74) is 1.43. The first-order valence-corrected chi connectivity index (χ1v) is 13.6. The van der Waals surface area contributed by atoms with Crippen molar-refractivity contribution in [1.82, 2.24) is 4.90 Å². The van der Waals surface area contributed by atoms with Gasteiger partial charge in [-0.3, -0.25) is 9.69 Å². The smallest absolute Gasteiger partial charge is 0.333 e. The number of benzene rings is 2. The van der Waals surface area contributed by atoms with E-state index in [4.69, 9.17) is 26.4 Å². The van der Waals surface area contributed by atoms with Gasteiger partial charge in [-0.05, 0) is 49.6 Å². The average molecular weight is 528 g/mol. The summed E-state index contributed by atoms with van der Waals surface area (Å²) in [6.07, 6.45) is 6.26. The zero-order valence-corrected chi connectivity index (χ0v) is 22.7. The molecule has 8 heteroatoms. The minimum Gasteiger partial charge on any atom is -0.490 e. The summed E-state index contributed by atoms with van der Waals surface area (Å²) >= 11 is 6.70. The van der Waals surface area contributed by atoms with Gasteiger partial charge in [0.05, 0.1) is 24.7 Å². The third-order valence-electron chi connectivity index (χ3n) is 5.53. The topological polar surface area (TPSA) is 65.1 Å². The molecule has 192 valence electrons. The van der Waals surface area contributed by atoms with Gasteiger partial charge in [-0.2, -0.15) is 0 Å². The maximum Gasteiger partial charge on any atom is 0.333 e. The SMILES string of the molecule is CCCCCCOc1ccc(/C=C2\SC(=S)N(C(C(=O)OCC)c3ccccc3)C2=O)cc1OCC. The Labute approximate surface area is 223 Å². The Kier molecular flexibility index (Phi) is 10.8. The fourth-order valence-electron chi connectivity index (χ4n) is 3.81. The molecular weight excluding hydrogens is 494 g/mol. The molecule has 36 heavy (non-hydrogen) atoms. The van der Waals surface area contributed by atoms with Crippen LogP contribution in [0.5, 0.6) is 11.5 Å². The second kappa shape index (κ2) is 14.0. The van der Waals surface area contributed by atoms with Crippen LogP contribution in [0.15, 0.2) is 53.4 Å². The summed E-state index contributed by atoms with van der Waals surface area (Å²) in [6.45, 7) is 7.17. The van der Waals surface area contributed by atoms with Crippen molar-refractivity contribution in [3.63, 3.8) is 0 Å². The molecule has 1 heterocycles. The Morgan fingerprint density at radius 1 is 1.00 bits per heavy atom. The van der Waals surface area contributed by atoms with E-state index in [2.05, 4.69) is 6.92 Å². The van der Waals surface area contributed by atoms with Crippen molar-refractivity contribution < 1.29 is 23.8 Å². The highest BCUT2D eigenvalue weighted by atomic mass is 32.2. The summed E-state index contributed by atoms with van der Waals surface area (Å²) in [5.74, 6) is 0.469. The van der Waals surface area contributed by atoms with Crippen molar-refractivity contribution in [2.24, 2.45) is 0 Å². The number of thioether (sulfide) groups is 1. The first-order valence-electron chi connectivity index (χ1n) is 12.4. The first kappa shape index (κ1) is 27.7. The number of thiocarbonyl (C=S) groups is 1.